The van der Waals surface area contributed by atoms with Gasteiger partial charge in [-0.15, -0.1) is 0 Å². The fourth-order valence-electron chi connectivity index (χ4n) is 1.44. The third-order valence-electron chi connectivity index (χ3n) is 2.63. The quantitative estimate of drug-likeness (QED) is 0.764. The Kier molecular flexibility index (Phi) is 5.06. The maximum absolute atomic E-state index is 12.4. The number of sulfone groups is 1. The second-order valence-electron chi connectivity index (χ2n) is 4.51. The molecule has 0 saturated heterocycles. The van der Waals surface area contributed by atoms with Gasteiger partial charge in [0.25, 0.3) is 0 Å². The van der Waals surface area contributed by atoms with Crippen molar-refractivity contribution in [3.05, 3.63) is 29.8 Å². The van der Waals surface area contributed by atoms with Crippen molar-refractivity contribution in [3.63, 3.8) is 0 Å². The summed E-state index contributed by atoms with van der Waals surface area (Å²) in [6.07, 6.45) is -4.58. The molecule has 0 saturated carbocycles. The molecule has 1 unspecified atom stereocenters. The maximum Gasteiger partial charge on any atom is 0.402 e. The van der Waals surface area contributed by atoms with Crippen LogP contribution in [0.3, 0.4) is 0 Å². The molecule has 0 aliphatic carbocycles. The number of halogens is 4. The van der Waals surface area contributed by atoms with Gasteiger partial charge in [-0.1, -0.05) is 41.9 Å². The van der Waals surface area contributed by atoms with E-state index in [2.05, 4.69) is 15.9 Å². The third kappa shape index (κ3) is 4.49. The van der Waals surface area contributed by atoms with Crippen LogP contribution in [0.2, 0.25) is 0 Å². The first kappa shape index (κ1) is 16.5. The predicted molar refractivity (Wildman–Crippen MR) is 71.4 cm³/mol. The van der Waals surface area contributed by atoms with Gasteiger partial charge in [0.1, 0.15) is 4.83 Å². The zero-order valence-electron chi connectivity index (χ0n) is 10.4. The van der Waals surface area contributed by atoms with Gasteiger partial charge in [0.15, 0.2) is 9.84 Å². The lowest BCUT2D eigenvalue weighted by atomic mass is 10.0. The van der Waals surface area contributed by atoms with Crippen molar-refractivity contribution in [1.29, 1.82) is 0 Å². The Morgan fingerprint density at radius 3 is 2.00 bits per heavy atom. The molecule has 1 rings (SSSR count). The van der Waals surface area contributed by atoms with Crippen LogP contribution in [0.25, 0.3) is 0 Å². The van der Waals surface area contributed by atoms with Crippen molar-refractivity contribution < 1.29 is 21.6 Å². The third-order valence-corrected chi connectivity index (χ3v) is 5.66. The van der Waals surface area contributed by atoms with Gasteiger partial charge in [-0.2, -0.15) is 13.2 Å². The Labute approximate surface area is 119 Å². The monoisotopic (exact) mass is 358 g/mol. The molecular formula is C12H14BrF3O2S. The van der Waals surface area contributed by atoms with Crippen molar-refractivity contribution >= 4 is 25.8 Å². The smallest absolute Gasteiger partial charge is 0.224 e. The molecule has 0 amide bonds. The van der Waals surface area contributed by atoms with E-state index in [0.29, 0.717) is 0 Å². The molecule has 0 aliphatic heterocycles. The highest BCUT2D eigenvalue weighted by Gasteiger charge is 2.40. The van der Waals surface area contributed by atoms with E-state index < -0.39 is 26.6 Å². The molecule has 0 aliphatic rings. The van der Waals surface area contributed by atoms with Crippen LogP contribution in [0.1, 0.15) is 25.3 Å². The van der Waals surface area contributed by atoms with E-state index in [1.165, 1.54) is 12.1 Å². The first-order chi connectivity index (χ1) is 8.54. The first-order valence-corrected chi connectivity index (χ1v) is 8.14. The molecule has 0 fully saturated rings. The molecule has 7 heteroatoms. The Bertz CT molecular complexity index is 521. The summed E-state index contributed by atoms with van der Waals surface area (Å²) in [4.78, 5) is -2.15. The van der Waals surface area contributed by atoms with Crippen LogP contribution in [0.15, 0.2) is 29.2 Å². The molecule has 0 aromatic heterocycles. The molecule has 108 valence electrons. The molecule has 0 radical (unpaired) electrons. The van der Waals surface area contributed by atoms with E-state index >= 15 is 0 Å². The summed E-state index contributed by atoms with van der Waals surface area (Å²) in [5, 5.41) is 0. The average molecular weight is 359 g/mol. The normalized spacial score (nSPS) is 14.7. The van der Waals surface area contributed by atoms with E-state index in [0.717, 1.165) is 5.56 Å². The fourth-order valence-corrected chi connectivity index (χ4v) is 3.80. The van der Waals surface area contributed by atoms with E-state index in [-0.39, 0.29) is 10.8 Å². The van der Waals surface area contributed by atoms with Crippen molar-refractivity contribution in [2.24, 2.45) is 0 Å². The van der Waals surface area contributed by atoms with Gasteiger partial charge in [0.2, 0.25) is 0 Å². The van der Waals surface area contributed by atoms with Gasteiger partial charge in [-0.05, 0) is 23.6 Å². The lowest BCUT2D eigenvalue weighted by Gasteiger charge is -2.14. The predicted octanol–water partition coefficient (Wildman–Crippen LogP) is 3.91. The second-order valence-corrected chi connectivity index (χ2v) is 7.65. The summed E-state index contributed by atoms with van der Waals surface area (Å²) in [5.74, 6) is -0.770. The number of rotatable bonds is 4. The zero-order chi connectivity index (χ0) is 14.8. The molecule has 2 nitrogen and oxygen atoms in total. The summed E-state index contributed by atoms with van der Waals surface area (Å²) in [5.41, 5.74) is 0.935. The lowest BCUT2D eigenvalue weighted by Crippen LogP contribution is -2.30. The molecule has 0 spiro atoms. The van der Waals surface area contributed by atoms with Crippen LogP contribution < -0.4 is 0 Å². The number of alkyl halides is 4. The SMILES string of the molecule is CC(C)c1ccc(S(=O)(=O)CC(Br)C(F)(F)F)cc1. The molecule has 0 bridgehead atoms. The van der Waals surface area contributed by atoms with Crippen LogP contribution in [-0.2, 0) is 9.84 Å². The standard InChI is InChI=1S/C12H14BrF3O2S/c1-8(2)9-3-5-10(6-4-9)19(17,18)7-11(13)12(14,15)16/h3-6,8,11H,7H2,1-2H3. The summed E-state index contributed by atoms with van der Waals surface area (Å²) >= 11 is 2.36. The fraction of sp³-hybridized carbons (Fsp3) is 0.500. The minimum absolute atomic E-state index is 0.0920. The molecule has 0 heterocycles. The van der Waals surface area contributed by atoms with Gasteiger partial charge >= 0.3 is 6.18 Å². The lowest BCUT2D eigenvalue weighted by molar-refractivity contribution is -0.123. The highest BCUT2D eigenvalue weighted by molar-refractivity contribution is 9.09. The maximum atomic E-state index is 12.4. The van der Waals surface area contributed by atoms with Crippen molar-refractivity contribution in [2.75, 3.05) is 5.75 Å². The van der Waals surface area contributed by atoms with Crippen molar-refractivity contribution in [1.82, 2.24) is 0 Å². The molecule has 1 aromatic rings. The van der Waals surface area contributed by atoms with Crippen LogP contribution in [0.4, 0.5) is 13.2 Å². The summed E-state index contributed by atoms with van der Waals surface area (Å²) in [7, 11) is -3.95. The highest BCUT2D eigenvalue weighted by atomic mass is 79.9. The van der Waals surface area contributed by atoms with E-state index in [1.807, 2.05) is 13.8 Å². The second kappa shape index (κ2) is 5.83. The Morgan fingerprint density at radius 2 is 1.63 bits per heavy atom. The zero-order valence-corrected chi connectivity index (χ0v) is 12.8. The van der Waals surface area contributed by atoms with Gasteiger partial charge in [-0.3, -0.25) is 0 Å². The van der Waals surface area contributed by atoms with Crippen molar-refractivity contribution in [3.8, 4) is 0 Å². The molecular weight excluding hydrogens is 345 g/mol. The summed E-state index contributed by atoms with van der Waals surface area (Å²) in [6.45, 7) is 3.89. The topological polar surface area (TPSA) is 34.1 Å². The molecule has 1 atom stereocenters. The minimum atomic E-state index is -4.58. The number of hydrogen-bond acceptors (Lipinski definition) is 2. The number of benzene rings is 1. The van der Waals surface area contributed by atoms with Crippen LogP contribution >= 0.6 is 15.9 Å². The average Bonchev–Trinajstić information content (AvgIpc) is 2.27. The van der Waals surface area contributed by atoms with E-state index in [4.69, 9.17) is 0 Å². The van der Waals surface area contributed by atoms with Gasteiger partial charge in [0, 0.05) is 0 Å². The largest absolute Gasteiger partial charge is 0.402 e. The first-order valence-electron chi connectivity index (χ1n) is 5.57. The molecule has 19 heavy (non-hydrogen) atoms. The molecule has 1 aromatic carbocycles. The van der Waals surface area contributed by atoms with Crippen LogP contribution in [-0.4, -0.2) is 25.2 Å². The van der Waals surface area contributed by atoms with Gasteiger partial charge in [0.05, 0.1) is 10.6 Å². The van der Waals surface area contributed by atoms with E-state index in [9.17, 15) is 21.6 Å². The Morgan fingerprint density at radius 1 is 1.16 bits per heavy atom. The Hall–Kier alpha value is -0.560. The van der Waals surface area contributed by atoms with Crippen LogP contribution in [0, 0.1) is 0 Å². The van der Waals surface area contributed by atoms with Crippen molar-refractivity contribution in [2.45, 2.75) is 35.7 Å². The molecule has 0 N–H and O–H groups in total. The highest BCUT2D eigenvalue weighted by Crippen LogP contribution is 2.29. The minimum Gasteiger partial charge on any atom is -0.224 e. The van der Waals surface area contributed by atoms with E-state index in [1.54, 1.807) is 12.1 Å². The summed E-state index contributed by atoms with van der Waals surface area (Å²) in [6, 6.07) is 5.93. The van der Waals surface area contributed by atoms with Gasteiger partial charge < -0.3 is 0 Å². The summed E-state index contributed by atoms with van der Waals surface area (Å²) < 4.78 is 60.7. The number of hydrogen-bond donors (Lipinski definition) is 0. The van der Waals surface area contributed by atoms with Gasteiger partial charge in [-0.25, -0.2) is 8.42 Å². The van der Waals surface area contributed by atoms with Crippen LogP contribution in [0.5, 0.6) is 0 Å². The Balaban J connectivity index is 2.95.